The quantitative estimate of drug-likeness (QED) is 0.393. The topological polar surface area (TPSA) is 106 Å². The van der Waals surface area contributed by atoms with Crippen LogP contribution >= 0.6 is 11.3 Å². The smallest absolute Gasteiger partial charge is 0.338 e. The summed E-state index contributed by atoms with van der Waals surface area (Å²) >= 11 is 1.33. The molecule has 35 heavy (non-hydrogen) atoms. The summed E-state index contributed by atoms with van der Waals surface area (Å²) in [6.07, 6.45) is 0.626. The molecule has 0 fully saturated rings. The van der Waals surface area contributed by atoms with Crippen molar-refractivity contribution in [2.75, 3.05) is 22.8 Å². The van der Waals surface area contributed by atoms with Gasteiger partial charge in [-0.05, 0) is 60.9 Å². The van der Waals surface area contributed by atoms with E-state index in [1.54, 1.807) is 12.1 Å². The summed E-state index contributed by atoms with van der Waals surface area (Å²) < 4.78 is 33.9. The van der Waals surface area contributed by atoms with Crippen LogP contribution in [-0.2, 0) is 26.0 Å². The minimum Gasteiger partial charge on any atom is -0.452 e. The van der Waals surface area contributed by atoms with Gasteiger partial charge in [-0.3, -0.25) is 14.4 Å². The maximum Gasteiger partial charge on any atom is 0.338 e. The van der Waals surface area contributed by atoms with Crippen molar-refractivity contribution in [1.82, 2.24) is 4.98 Å². The van der Waals surface area contributed by atoms with Gasteiger partial charge < -0.3 is 4.74 Å². The Hall–Kier alpha value is -3.76. The molecule has 5 rings (SSSR count). The molecule has 178 valence electrons. The Morgan fingerprint density at radius 3 is 2.77 bits per heavy atom. The van der Waals surface area contributed by atoms with Crippen LogP contribution in [-0.4, -0.2) is 38.4 Å². The summed E-state index contributed by atoms with van der Waals surface area (Å²) in [4.78, 5) is 29.2. The van der Waals surface area contributed by atoms with Crippen molar-refractivity contribution in [2.24, 2.45) is 0 Å². The summed E-state index contributed by atoms with van der Waals surface area (Å²) in [5, 5.41) is 3.04. The highest BCUT2D eigenvalue weighted by molar-refractivity contribution is 7.92. The van der Waals surface area contributed by atoms with Crippen molar-refractivity contribution in [3.05, 3.63) is 83.4 Å². The number of hydrogen-bond donors (Lipinski definition) is 1. The first-order valence-corrected chi connectivity index (χ1v) is 13.1. The molecule has 0 bridgehead atoms. The Balaban J connectivity index is 1.25. The molecule has 1 aliphatic heterocycles. The average Bonchev–Trinajstić information content (AvgIpc) is 3.46. The molecule has 1 N–H and O–H groups in total. The minimum atomic E-state index is -3.86. The Morgan fingerprint density at radius 1 is 1.09 bits per heavy atom. The van der Waals surface area contributed by atoms with Crippen molar-refractivity contribution in [1.29, 1.82) is 0 Å². The highest BCUT2D eigenvalue weighted by Gasteiger charge is 2.31. The molecular weight excluding hydrogens is 486 g/mol. The summed E-state index contributed by atoms with van der Waals surface area (Å²) in [5.74, 6) is -1.33. The summed E-state index contributed by atoms with van der Waals surface area (Å²) in [6, 6.07) is 18.8. The summed E-state index contributed by atoms with van der Waals surface area (Å²) in [6.45, 7) is 1.78. The molecule has 2 heterocycles. The number of rotatable bonds is 6. The van der Waals surface area contributed by atoms with Gasteiger partial charge in [-0.15, -0.1) is 0 Å². The van der Waals surface area contributed by atoms with Gasteiger partial charge in [0.2, 0.25) is 0 Å². The van der Waals surface area contributed by atoms with Crippen LogP contribution in [0.5, 0.6) is 0 Å². The van der Waals surface area contributed by atoms with Gasteiger partial charge in [-0.2, -0.15) is 0 Å². The number of nitrogens with zero attached hydrogens (tertiary/aromatic N) is 2. The first kappa shape index (κ1) is 23.0. The van der Waals surface area contributed by atoms with Gasteiger partial charge in [0, 0.05) is 6.54 Å². The van der Waals surface area contributed by atoms with Crippen molar-refractivity contribution in [3.63, 3.8) is 0 Å². The van der Waals surface area contributed by atoms with Gasteiger partial charge >= 0.3 is 5.97 Å². The molecule has 8 nitrogen and oxygen atoms in total. The molecule has 4 aromatic rings. The van der Waals surface area contributed by atoms with E-state index in [-0.39, 0.29) is 10.5 Å². The normalized spacial score (nSPS) is 13.0. The SMILES string of the molecule is Cc1ccc2nc(NC(=O)COC(=O)c3cccc(S(=O)(=O)N4CCc5ccccc54)c3)sc2c1. The van der Waals surface area contributed by atoms with Crippen molar-refractivity contribution in [3.8, 4) is 0 Å². The van der Waals surface area contributed by atoms with Crippen LogP contribution in [0.15, 0.2) is 71.6 Å². The van der Waals surface area contributed by atoms with Crippen LogP contribution in [0, 0.1) is 6.92 Å². The fourth-order valence-electron chi connectivity index (χ4n) is 3.92. The number of carbonyl (C=O) groups is 2. The van der Waals surface area contributed by atoms with E-state index in [0.29, 0.717) is 23.8 Å². The first-order valence-electron chi connectivity index (χ1n) is 10.9. The minimum absolute atomic E-state index is 0.0159. The Labute approximate surface area is 206 Å². The maximum atomic E-state index is 13.2. The number of sulfonamides is 1. The molecule has 3 aromatic carbocycles. The van der Waals surface area contributed by atoms with E-state index >= 15 is 0 Å². The lowest BCUT2D eigenvalue weighted by molar-refractivity contribution is -0.119. The number of fused-ring (bicyclic) bond motifs is 2. The lowest BCUT2D eigenvalue weighted by Crippen LogP contribution is -2.29. The summed E-state index contributed by atoms with van der Waals surface area (Å²) in [7, 11) is -3.86. The molecule has 0 unspecified atom stereocenters. The Bertz CT molecular complexity index is 1560. The highest BCUT2D eigenvalue weighted by Crippen LogP contribution is 2.33. The zero-order chi connectivity index (χ0) is 24.6. The number of aromatic nitrogens is 1. The van der Waals surface area contributed by atoms with Crippen molar-refractivity contribution < 1.29 is 22.7 Å². The number of thiazole rings is 1. The van der Waals surface area contributed by atoms with E-state index in [2.05, 4.69) is 10.3 Å². The zero-order valence-electron chi connectivity index (χ0n) is 18.7. The Kier molecular flexibility index (Phi) is 6.00. The van der Waals surface area contributed by atoms with E-state index in [4.69, 9.17) is 4.74 Å². The molecular formula is C25H21N3O5S2. The highest BCUT2D eigenvalue weighted by atomic mass is 32.2. The monoisotopic (exact) mass is 507 g/mol. The number of aryl methyl sites for hydroxylation is 1. The van der Waals surface area contributed by atoms with E-state index in [1.807, 2.05) is 37.3 Å². The third-order valence-corrected chi connectivity index (χ3v) is 8.37. The second-order valence-corrected chi connectivity index (χ2v) is 11.0. The van der Waals surface area contributed by atoms with Crippen molar-refractivity contribution >= 4 is 54.3 Å². The molecule has 0 aliphatic carbocycles. The third-order valence-electron chi connectivity index (χ3n) is 5.63. The molecule has 0 spiro atoms. The Morgan fingerprint density at radius 2 is 1.91 bits per heavy atom. The maximum absolute atomic E-state index is 13.2. The van der Waals surface area contributed by atoms with Gasteiger partial charge in [0.05, 0.1) is 26.4 Å². The molecule has 0 saturated heterocycles. The average molecular weight is 508 g/mol. The lowest BCUT2D eigenvalue weighted by atomic mass is 10.2. The number of anilines is 2. The molecule has 10 heteroatoms. The van der Waals surface area contributed by atoms with Gasteiger partial charge in [-0.25, -0.2) is 18.2 Å². The van der Waals surface area contributed by atoms with Crippen LogP contribution in [0.25, 0.3) is 10.2 Å². The van der Waals surface area contributed by atoms with Crippen molar-refractivity contribution in [2.45, 2.75) is 18.2 Å². The molecule has 0 saturated carbocycles. The molecule has 1 aromatic heterocycles. The number of ether oxygens (including phenoxy) is 1. The van der Waals surface area contributed by atoms with Gasteiger partial charge in [0.25, 0.3) is 15.9 Å². The lowest BCUT2D eigenvalue weighted by Gasteiger charge is -2.19. The van der Waals surface area contributed by atoms with Crippen LogP contribution < -0.4 is 9.62 Å². The van der Waals surface area contributed by atoms with E-state index < -0.39 is 28.5 Å². The number of esters is 1. The van der Waals surface area contributed by atoms with E-state index in [0.717, 1.165) is 21.3 Å². The van der Waals surface area contributed by atoms with Gasteiger partial charge in [-0.1, -0.05) is 41.7 Å². The molecule has 0 atom stereocenters. The number of para-hydroxylation sites is 1. The molecule has 1 amide bonds. The van der Waals surface area contributed by atoms with Gasteiger partial charge in [0.15, 0.2) is 11.7 Å². The van der Waals surface area contributed by atoms with Crippen LogP contribution in [0.3, 0.4) is 0 Å². The first-order chi connectivity index (χ1) is 16.8. The van der Waals surface area contributed by atoms with Gasteiger partial charge in [0.1, 0.15) is 0 Å². The standard InChI is InChI=1S/C25H21N3O5S2/c1-16-9-10-20-22(13-16)34-25(26-20)27-23(29)15-33-24(30)18-6-4-7-19(14-18)35(31,32)28-12-11-17-5-2-3-8-21(17)28/h2-10,13-14H,11-12,15H2,1H3,(H,26,27,29). The zero-order valence-corrected chi connectivity index (χ0v) is 20.4. The number of benzene rings is 3. The third kappa shape index (κ3) is 4.62. The number of hydrogen-bond acceptors (Lipinski definition) is 7. The molecule has 0 radical (unpaired) electrons. The second-order valence-electron chi connectivity index (χ2n) is 8.10. The predicted molar refractivity (Wildman–Crippen MR) is 134 cm³/mol. The van der Waals surface area contributed by atoms with E-state index in [1.165, 1.54) is 39.9 Å². The summed E-state index contributed by atoms with van der Waals surface area (Å²) in [5.41, 5.74) is 3.50. The predicted octanol–water partition coefficient (Wildman–Crippen LogP) is 4.15. The fourth-order valence-corrected chi connectivity index (χ4v) is 6.45. The van der Waals surface area contributed by atoms with E-state index in [9.17, 15) is 18.0 Å². The van der Waals surface area contributed by atoms with Crippen LogP contribution in [0.2, 0.25) is 0 Å². The number of nitrogens with one attached hydrogen (secondary N) is 1. The molecule has 1 aliphatic rings. The number of carbonyl (C=O) groups excluding carboxylic acids is 2. The van der Waals surface area contributed by atoms with Crippen LogP contribution in [0.1, 0.15) is 21.5 Å². The largest absolute Gasteiger partial charge is 0.452 e. The fraction of sp³-hybridized carbons (Fsp3) is 0.160. The second kappa shape index (κ2) is 9.12. The number of amides is 1. The van der Waals surface area contributed by atoms with Crippen LogP contribution in [0.4, 0.5) is 10.8 Å².